The second kappa shape index (κ2) is 8.83. The summed E-state index contributed by atoms with van der Waals surface area (Å²) in [6.45, 7) is 10.1. The molecular weight excluding hydrogens is 404 g/mol. The van der Waals surface area contributed by atoms with E-state index in [4.69, 9.17) is 0 Å². The SMILES string of the molecule is C[C@H]1CNCC[C@@H]1CN1CCN(c2ccc3c(N4C(=O)CCCC4=O)nn(C)c3c2)CC1. The van der Waals surface area contributed by atoms with Crippen LogP contribution < -0.4 is 15.1 Å². The second-order valence-electron chi connectivity index (χ2n) is 9.64. The van der Waals surface area contributed by atoms with Crippen molar-refractivity contribution in [3.05, 3.63) is 18.2 Å². The standard InChI is InChI=1S/C24H34N6O2/c1-17-15-25-9-8-18(17)16-28-10-12-29(13-11-28)19-6-7-20-21(14-19)27(2)26-24(20)30-22(31)4-3-5-23(30)32/h6-7,14,17-18,25H,3-5,8-13,15-16H2,1-2H3/t17-,18+/m0/s1. The largest absolute Gasteiger partial charge is 0.369 e. The lowest BCUT2D eigenvalue weighted by Gasteiger charge is -2.40. The van der Waals surface area contributed by atoms with Crippen molar-refractivity contribution in [2.24, 2.45) is 18.9 Å². The van der Waals surface area contributed by atoms with Crippen molar-refractivity contribution in [2.75, 3.05) is 55.6 Å². The average molecular weight is 439 g/mol. The highest BCUT2D eigenvalue weighted by Crippen LogP contribution is 2.32. The Kier molecular flexibility index (Phi) is 5.90. The van der Waals surface area contributed by atoms with E-state index in [0.29, 0.717) is 25.1 Å². The van der Waals surface area contributed by atoms with Gasteiger partial charge in [0.15, 0.2) is 5.82 Å². The van der Waals surface area contributed by atoms with Crippen LogP contribution in [0.1, 0.15) is 32.6 Å². The summed E-state index contributed by atoms with van der Waals surface area (Å²) in [4.78, 5) is 31.2. The summed E-state index contributed by atoms with van der Waals surface area (Å²) >= 11 is 0. The highest BCUT2D eigenvalue weighted by molar-refractivity contribution is 6.19. The smallest absolute Gasteiger partial charge is 0.235 e. The highest BCUT2D eigenvalue weighted by Gasteiger charge is 2.31. The monoisotopic (exact) mass is 438 g/mol. The number of nitrogens with one attached hydrogen (secondary N) is 1. The summed E-state index contributed by atoms with van der Waals surface area (Å²) in [6.07, 6.45) is 2.72. The molecule has 0 radical (unpaired) electrons. The summed E-state index contributed by atoms with van der Waals surface area (Å²) in [5.41, 5.74) is 2.13. The van der Waals surface area contributed by atoms with Gasteiger partial charge < -0.3 is 10.2 Å². The van der Waals surface area contributed by atoms with Crippen molar-refractivity contribution >= 4 is 34.2 Å². The Labute approximate surface area is 189 Å². The summed E-state index contributed by atoms with van der Waals surface area (Å²) in [6, 6.07) is 6.28. The number of benzene rings is 1. The predicted molar refractivity (Wildman–Crippen MR) is 126 cm³/mol. The zero-order valence-corrected chi connectivity index (χ0v) is 19.2. The average Bonchev–Trinajstić information content (AvgIpc) is 3.11. The number of rotatable bonds is 4. The van der Waals surface area contributed by atoms with E-state index in [1.807, 2.05) is 13.1 Å². The molecule has 5 rings (SSSR count). The Morgan fingerprint density at radius 1 is 1.09 bits per heavy atom. The third-order valence-corrected chi connectivity index (χ3v) is 7.50. The van der Waals surface area contributed by atoms with Gasteiger partial charge >= 0.3 is 0 Å². The Hall–Kier alpha value is -2.45. The first-order valence-corrected chi connectivity index (χ1v) is 12.0. The first-order valence-electron chi connectivity index (χ1n) is 12.0. The van der Waals surface area contributed by atoms with E-state index in [1.165, 1.54) is 23.6 Å². The minimum Gasteiger partial charge on any atom is -0.369 e. The lowest BCUT2D eigenvalue weighted by Crippen LogP contribution is -2.49. The van der Waals surface area contributed by atoms with E-state index in [0.717, 1.165) is 62.0 Å². The molecule has 8 heteroatoms. The van der Waals surface area contributed by atoms with Crippen LogP contribution >= 0.6 is 0 Å². The van der Waals surface area contributed by atoms with Crippen LogP contribution in [0.2, 0.25) is 0 Å². The van der Waals surface area contributed by atoms with Gasteiger partial charge in [-0.2, -0.15) is 5.10 Å². The number of aryl methyl sites for hydroxylation is 1. The van der Waals surface area contributed by atoms with Gasteiger partial charge in [0.25, 0.3) is 0 Å². The normalized spacial score (nSPS) is 25.7. The van der Waals surface area contributed by atoms with E-state index < -0.39 is 0 Å². The minimum atomic E-state index is -0.149. The Morgan fingerprint density at radius 3 is 2.56 bits per heavy atom. The third-order valence-electron chi connectivity index (χ3n) is 7.50. The first kappa shape index (κ1) is 21.4. The molecule has 1 N–H and O–H groups in total. The van der Waals surface area contributed by atoms with Crippen LogP contribution in [0.4, 0.5) is 11.5 Å². The van der Waals surface area contributed by atoms with Crippen molar-refractivity contribution < 1.29 is 9.59 Å². The van der Waals surface area contributed by atoms with Gasteiger partial charge in [-0.05, 0) is 56.0 Å². The molecule has 4 heterocycles. The molecule has 2 aromatic rings. The number of carbonyl (C=O) groups excluding carboxylic acids is 2. The van der Waals surface area contributed by atoms with Crippen molar-refractivity contribution in [1.29, 1.82) is 0 Å². The number of anilines is 2. The minimum absolute atomic E-state index is 0.149. The maximum Gasteiger partial charge on any atom is 0.235 e. The molecule has 172 valence electrons. The highest BCUT2D eigenvalue weighted by atomic mass is 16.2. The van der Waals surface area contributed by atoms with Gasteiger partial charge in [-0.15, -0.1) is 0 Å². The van der Waals surface area contributed by atoms with Crippen LogP contribution in [0.15, 0.2) is 18.2 Å². The van der Waals surface area contributed by atoms with Gasteiger partial charge in [0, 0.05) is 63.7 Å². The molecule has 0 unspecified atom stereocenters. The number of nitrogens with zero attached hydrogens (tertiary/aromatic N) is 5. The molecule has 0 aliphatic carbocycles. The zero-order valence-electron chi connectivity index (χ0n) is 19.2. The molecule has 2 atom stereocenters. The van der Waals surface area contributed by atoms with Gasteiger partial charge in [-0.3, -0.25) is 19.2 Å². The van der Waals surface area contributed by atoms with Gasteiger partial charge in [0.2, 0.25) is 11.8 Å². The van der Waals surface area contributed by atoms with Crippen LogP contribution in [0.5, 0.6) is 0 Å². The molecule has 0 spiro atoms. The molecule has 0 bridgehead atoms. The summed E-state index contributed by atoms with van der Waals surface area (Å²) in [5.74, 6) is 1.73. The molecular formula is C24H34N6O2. The lowest BCUT2D eigenvalue weighted by atomic mass is 9.87. The van der Waals surface area contributed by atoms with Crippen molar-refractivity contribution in [3.8, 4) is 0 Å². The molecule has 8 nitrogen and oxygen atoms in total. The molecule has 0 saturated carbocycles. The molecule has 1 aromatic carbocycles. The number of fused-ring (bicyclic) bond motifs is 1. The van der Waals surface area contributed by atoms with Crippen molar-refractivity contribution in [1.82, 2.24) is 20.0 Å². The Balaban J connectivity index is 1.29. The van der Waals surface area contributed by atoms with Gasteiger partial charge in [-0.1, -0.05) is 6.92 Å². The van der Waals surface area contributed by atoms with Crippen LogP contribution in [-0.4, -0.2) is 72.3 Å². The number of hydrogen-bond donors (Lipinski definition) is 1. The molecule has 32 heavy (non-hydrogen) atoms. The lowest BCUT2D eigenvalue weighted by molar-refractivity contribution is -0.129. The van der Waals surface area contributed by atoms with E-state index in [-0.39, 0.29) is 11.8 Å². The number of imide groups is 1. The first-order chi connectivity index (χ1) is 15.5. The number of piperidine rings is 2. The summed E-state index contributed by atoms with van der Waals surface area (Å²) in [5, 5.41) is 8.92. The molecule has 1 aromatic heterocycles. The van der Waals surface area contributed by atoms with E-state index in [9.17, 15) is 9.59 Å². The van der Waals surface area contributed by atoms with Crippen LogP contribution in [0.3, 0.4) is 0 Å². The third kappa shape index (κ3) is 4.01. The topological polar surface area (TPSA) is 73.7 Å². The van der Waals surface area contributed by atoms with Gasteiger partial charge in [0.05, 0.1) is 5.52 Å². The molecule has 2 amide bonds. The molecule has 3 saturated heterocycles. The van der Waals surface area contributed by atoms with Gasteiger partial charge in [0.1, 0.15) is 0 Å². The summed E-state index contributed by atoms with van der Waals surface area (Å²) < 4.78 is 1.79. The number of amides is 2. The van der Waals surface area contributed by atoms with E-state index in [1.54, 1.807) is 4.68 Å². The fourth-order valence-corrected chi connectivity index (χ4v) is 5.44. The maximum absolute atomic E-state index is 12.4. The Bertz CT molecular complexity index is 993. The number of piperazine rings is 1. The van der Waals surface area contributed by atoms with Crippen LogP contribution in [0.25, 0.3) is 10.9 Å². The van der Waals surface area contributed by atoms with Crippen molar-refractivity contribution in [3.63, 3.8) is 0 Å². The van der Waals surface area contributed by atoms with Crippen molar-refractivity contribution in [2.45, 2.75) is 32.6 Å². The summed E-state index contributed by atoms with van der Waals surface area (Å²) in [7, 11) is 1.88. The fourth-order valence-electron chi connectivity index (χ4n) is 5.44. The van der Waals surface area contributed by atoms with E-state index >= 15 is 0 Å². The van der Waals surface area contributed by atoms with Crippen LogP contribution in [-0.2, 0) is 16.6 Å². The fraction of sp³-hybridized carbons (Fsp3) is 0.625. The number of aromatic nitrogens is 2. The van der Waals surface area contributed by atoms with Gasteiger partial charge in [-0.25, -0.2) is 4.90 Å². The zero-order chi connectivity index (χ0) is 22.2. The maximum atomic E-state index is 12.4. The van der Waals surface area contributed by atoms with Crippen LogP contribution in [0, 0.1) is 11.8 Å². The quantitative estimate of drug-likeness (QED) is 0.736. The number of hydrogen-bond acceptors (Lipinski definition) is 6. The predicted octanol–water partition coefficient (Wildman–Crippen LogP) is 1.98. The Morgan fingerprint density at radius 2 is 1.84 bits per heavy atom. The number of carbonyl (C=O) groups is 2. The molecule has 3 aliphatic heterocycles. The second-order valence-corrected chi connectivity index (χ2v) is 9.64. The van der Waals surface area contributed by atoms with E-state index in [2.05, 4.69) is 39.3 Å². The molecule has 3 aliphatic rings. The molecule has 3 fully saturated rings.